The molecule has 2 nitrogen and oxygen atoms in total. The van der Waals surface area contributed by atoms with Crippen LogP contribution in [-0.4, -0.2) is 0 Å². The summed E-state index contributed by atoms with van der Waals surface area (Å²) in [5.41, 5.74) is -13.9. The van der Waals surface area contributed by atoms with Crippen molar-refractivity contribution in [3.05, 3.63) is 338 Å². The van der Waals surface area contributed by atoms with Crippen LogP contribution in [-0.2, 0) is 0 Å². The summed E-state index contributed by atoms with van der Waals surface area (Å²) in [6.45, 7) is 0. The summed E-state index contributed by atoms with van der Waals surface area (Å²) >= 11 is 0. The fraction of sp³-hybridized carbons (Fsp3) is 0. The van der Waals surface area contributed by atoms with E-state index in [1.54, 1.807) is 0 Å². The summed E-state index contributed by atoms with van der Waals surface area (Å²) in [6.07, 6.45) is 0. The van der Waals surface area contributed by atoms with Crippen molar-refractivity contribution < 1.29 is 85.6 Å². The van der Waals surface area contributed by atoms with Crippen molar-refractivity contribution in [2.24, 2.45) is 0 Å². The molecule has 19 aromatic rings. The fourth-order valence-electron chi connectivity index (χ4n) is 11.2. The Morgan fingerprint density at radius 1 is 0.174 bits per heavy atom. The number of fused-ring (bicyclic) bond motifs is 12. The summed E-state index contributed by atoms with van der Waals surface area (Å²) in [5.74, 6) is 0. The molecule has 2 heterocycles. The van der Waals surface area contributed by atoms with Gasteiger partial charge in [-0.15, -0.1) is 0 Å². The Bertz CT molecular complexity index is 9430. The molecule has 0 aliphatic carbocycles. The first-order valence-corrected chi connectivity index (χ1v) is 27.1. The molecule has 17 aromatic carbocycles. The Hall–Kier alpha value is -12.1. The van der Waals surface area contributed by atoms with E-state index in [0.717, 1.165) is 0 Å². The smallest absolute Gasteiger partial charge is 0.136 e. The third-order valence-electron chi connectivity index (χ3n) is 15.0. The maximum atomic E-state index is 10.0. The van der Waals surface area contributed by atoms with Gasteiger partial charge in [0.25, 0.3) is 0 Å². The predicted molar refractivity (Wildman–Crippen MR) is 391 cm³/mol. The van der Waals surface area contributed by atoms with E-state index < -0.39 is 525 Å². The summed E-state index contributed by atoms with van der Waals surface area (Å²) < 4.78 is 516. The number of furan rings is 2. The third kappa shape index (κ3) is 8.64. The molecule has 0 saturated heterocycles. The Labute approximate surface area is 610 Å². The maximum absolute atomic E-state index is 10.0. The van der Waals surface area contributed by atoms with Gasteiger partial charge in [-0.05, 0) is 179 Å². The highest BCUT2D eigenvalue weighted by Gasteiger charge is 2.24. The van der Waals surface area contributed by atoms with Gasteiger partial charge in [0.1, 0.15) is 22.3 Å². The maximum Gasteiger partial charge on any atom is 0.136 e. The lowest BCUT2D eigenvalue weighted by molar-refractivity contribution is 0.668. The minimum Gasteiger partial charge on any atom is -0.456 e. The highest BCUT2D eigenvalue weighted by Crippen LogP contribution is 2.51. The highest BCUT2D eigenvalue weighted by molar-refractivity contribution is 6.29. The lowest BCUT2D eigenvalue weighted by atomic mass is 9.83. The zero-order valence-electron chi connectivity index (χ0n) is 102. The molecular weight excluding hydrogens is 1110 g/mol. The van der Waals surface area contributed by atoms with Crippen LogP contribution in [0.15, 0.2) is 347 Å². The van der Waals surface area contributed by atoms with Crippen molar-refractivity contribution in [3.63, 3.8) is 0 Å². The molecule has 92 heavy (non-hydrogen) atoms. The Morgan fingerprint density at radius 3 is 1.02 bits per heavy atom. The number of hydrogen-bond donors (Lipinski definition) is 0. The molecule has 0 radical (unpaired) electrons. The minimum absolute atomic E-state index is 0.493. The molecule has 0 N–H and O–H groups in total. The largest absolute Gasteiger partial charge is 0.456 e. The van der Waals surface area contributed by atoms with Crippen molar-refractivity contribution in [2.45, 2.75) is 0 Å². The van der Waals surface area contributed by atoms with Crippen molar-refractivity contribution in [2.75, 3.05) is 0 Å². The van der Waals surface area contributed by atoms with Gasteiger partial charge in [-0.2, -0.15) is 0 Å². The van der Waals surface area contributed by atoms with Gasteiger partial charge in [0.2, 0.25) is 0 Å². The second kappa shape index (κ2) is 21.9. The molecule has 0 saturated carbocycles. The zero-order valence-corrected chi connectivity index (χ0v) is 45.8. The van der Waals surface area contributed by atoms with Crippen LogP contribution in [0.5, 0.6) is 0 Å². The monoisotopic (exact) mass is 1220 g/mol. The molecule has 0 aliphatic rings. The van der Waals surface area contributed by atoms with E-state index in [0.29, 0.717) is 0 Å². The van der Waals surface area contributed by atoms with Gasteiger partial charge in [-0.3, -0.25) is 0 Å². The second-order valence-electron chi connectivity index (χ2n) is 19.8. The standard InChI is InChI=1S/C46H28O.C44H28O/c1-2-13-30-28-31(25-24-29(30)12-1)32-26-27-39(34-15-4-3-14-33(32)34)44-35-16-5-7-18-37(35)45(38-19-8-6-17-36(38)44)41-21-11-23-43-46(41)40-20-9-10-22-42(40)47-43;1-3-14-29(15-4-1)32-27-26-31(28-39(32)30-16-5-2-6-17-30)42-33-18-7-9-20-35(33)43(36-21-10-8-19-34(36)42)38-23-13-25-41-44(38)37-22-11-12-24-40(37)45-41/h1-28H;1-28H/i2*1D,2D,3D,4D,5D,6D,7D,8D,9D,10D,11D,12D,13D,14D,15D,16D,17D,18D,19D,20D,21D,22D,23D,24D,25D,26D,27D,28D. The minimum atomic E-state index is -1.18. The predicted octanol–water partition coefficient (Wildman–Crippen LogP) is 25.8. The van der Waals surface area contributed by atoms with Crippen LogP contribution >= 0.6 is 0 Å². The van der Waals surface area contributed by atoms with Gasteiger partial charge in [-0.1, -0.05) is 302 Å². The van der Waals surface area contributed by atoms with E-state index in [-0.39, 0.29) is 0 Å². The summed E-state index contributed by atoms with van der Waals surface area (Å²) in [7, 11) is 0. The normalized spacial score (nSPS) is 20.2. The molecule has 0 spiro atoms. The molecular formula is C90H56O2. The number of rotatable bonds is 7. The van der Waals surface area contributed by atoms with Crippen LogP contribution in [0, 0.1) is 0 Å². The lowest BCUT2D eigenvalue weighted by Crippen LogP contribution is -1.93. The molecule has 0 unspecified atom stereocenters. The average molecular weight is 1230 g/mol. The van der Waals surface area contributed by atoms with Crippen LogP contribution in [0.2, 0.25) is 0 Å². The number of benzene rings is 17. The highest BCUT2D eigenvalue weighted by atomic mass is 16.3. The zero-order chi connectivity index (χ0) is 109. The second-order valence-corrected chi connectivity index (χ2v) is 19.8. The Kier molecular flexibility index (Phi) is 5.06. The SMILES string of the molecule is [2H]c1c([2H])c([2H])c(-c2c([2H])c([2H])c(-c3c4c([2H])c([2H])c([2H])c([2H])c4c(-c4c([2H])c([2H])c([2H])c5oc6c([2H])c([2H])c([2H])c([2H])c6c45)c4c([2H])c([2H])c([2H])c([2H])c34)c([2H])c2-c2c([2H])c([2H])c([2H])c([2H])c2[2H])c([2H])c1[2H].[2H]c1c([2H])c([2H])c2c(oc3c([2H])c([2H])c([2H])c(-c4c5c([2H])c([2H])c([2H])c([2H])c5c(-c5c([2H])c([2H])c(-c6c([2H])c([2H])c7c([2H])c([2H])c([2H])c([2H])c7c6[2H])c6c([2H])c([2H])c([2H])c([2H])c56)c5c([2H])c([2H])c([2H])c([2H])c45)c32)c1[2H]. The van der Waals surface area contributed by atoms with Crippen LogP contribution in [0.1, 0.15) is 76.8 Å². The van der Waals surface area contributed by atoms with Gasteiger partial charge in [-0.25, -0.2) is 0 Å². The van der Waals surface area contributed by atoms with Gasteiger partial charge < -0.3 is 8.83 Å². The van der Waals surface area contributed by atoms with Gasteiger partial charge in [0, 0.05) is 21.5 Å². The molecule has 0 fully saturated rings. The van der Waals surface area contributed by atoms with Crippen molar-refractivity contribution in [1.29, 1.82) is 0 Å². The van der Waals surface area contributed by atoms with Gasteiger partial charge in [0.15, 0.2) is 0 Å². The molecule has 0 bridgehead atoms. The molecule has 2 aromatic heterocycles. The van der Waals surface area contributed by atoms with Crippen molar-refractivity contribution in [3.8, 4) is 77.9 Å². The van der Waals surface area contributed by atoms with Crippen LogP contribution < -0.4 is 0 Å². The molecule has 19 rings (SSSR count). The average Bonchev–Trinajstić information content (AvgIpc) is 1.17. The van der Waals surface area contributed by atoms with Crippen molar-refractivity contribution >= 4 is 109 Å². The van der Waals surface area contributed by atoms with E-state index in [4.69, 9.17) is 59.6 Å². The van der Waals surface area contributed by atoms with E-state index in [9.17, 15) is 26.0 Å². The lowest BCUT2D eigenvalue weighted by Gasteiger charge is -2.20. The third-order valence-corrected chi connectivity index (χ3v) is 15.0. The first-order valence-electron chi connectivity index (χ1n) is 55.1. The molecule has 2 heteroatoms. The first-order chi connectivity index (χ1) is 69.0. The van der Waals surface area contributed by atoms with Gasteiger partial charge >= 0.3 is 0 Å². The van der Waals surface area contributed by atoms with E-state index in [1.807, 2.05) is 0 Å². The summed E-state index contributed by atoms with van der Waals surface area (Å²) in [6, 6.07) is -54.3. The summed E-state index contributed by atoms with van der Waals surface area (Å²) in [4.78, 5) is 0. The number of hydrogen-bond acceptors (Lipinski definition) is 2. The van der Waals surface area contributed by atoms with Crippen molar-refractivity contribution in [1.82, 2.24) is 0 Å². The Balaban J connectivity index is 0.000000194. The van der Waals surface area contributed by atoms with E-state index in [2.05, 4.69) is 0 Å². The molecule has 428 valence electrons. The van der Waals surface area contributed by atoms with Crippen LogP contribution in [0.4, 0.5) is 0 Å². The summed E-state index contributed by atoms with van der Waals surface area (Å²) in [5, 5.41) is -11.0. The first kappa shape index (κ1) is 21.3. The quantitative estimate of drug-likeness (QED) is 0.149. The topological polar surface area (TPSA) is 26.3 Å². The Morgan fingerprint density at radius 2 is 0.522 bits per heavy atom. The molecule has 0 aliphatic heterocycles. The van der Waals surface area contributed by atoms with E-state index >= 15 is 0 Å². The van der Waals surface area contributed by atoms with Crippen LogP contribution in [0.25, 0.3) is 186 Å². The molecule has 0 amide bonds. The fourth-order valence-corrected chi connectivity index (χ4v) is 11.2. The van der Waals surface area contributed by atoms with E-state index in [1.165, 1.54) is 0 Å². The number of para-hydroxylation sites is 2. The van der Waals surface area contributed by atoms with Crippen LogP contribution in [0.3, 0.4) is 0 Å². The molecule has 0 atom stereocenters. The van der Waals surface area contributed by atoms with Gasteiger partial charge in [0.05, 0.1) is 76.8 Å².